The molecule has 1 aliphatic heterocycles. The molecular weight excluding hydrogens is 312 g/mol. The first kappa shape index (κ1) is 15.4. The van der Waals surface area contributed by atoms with E-state index in [1.807, 2.05) is 0 Å². The van der Waals surface area contributed by atoms with Crippen molar-refractivity contribution in [3.05, 3.63) is 77.4 Å². The number of benzene rings is 2. The minimum atomic E-state index is 0.296. The molecule has 2 N–H and O–H groups in total. The second-order valence-corrected chi connectivity index (χ2v) is 7.08. The zero-order valence-corrected chi connectivity index (χ0v) is 14.4. The number of hydrogen-bond donors (Lipinski definition) is 2. The third kappa shape index (κ3) is 3.09. The van der Waals surface area contributed by atoms with Crippen LogP contribution >= 0.6 is 12.2 Å². The third-order valence-corrected chi connectivity index (χ3v) is 5.38. The average molecular weight is 334 g/mol. The van der Waals surface area contributed by atoms with Crippen LogP contribution < -0.4 is 10.6 Å². The van der Waals surface area contributed by atoms with Crippen molar-refractivity contribution in [2.75, 3.05) is 0 Å². The Kier molecular flexibility index (Phi) is 4.35. The summed E-state index contributed by atoms with van der Waals surface area (Å²) in [5.41, 5.74) is 4.08. The Balaban J connectivity index is 1.67. The Labute approximate surface area is 149 Å². The monoisotopic (exact) mass is 334 g/mol. The van der Waals surface area contributed by atoms with E-state index in [0.29, 0.717) is 18.0 Å². The Morgan fingerprint density at radius 2 is 1.54 bits per heavy atom. The van der Waals surface area contributed by atoms with Crippen LogP contribution in [0.1, 0.15) is 36.4 Å². The van der Waals surface area contributed by atoms with Gasteiger partial charge in [-0.1, -0.05) is 66.7 Å². The number of fused-ring (bicyclic) bond motifs is 1. The summed E-state index contributed by atoms with van der Waals surface area (Å²) in [7, 11) is 0. The number of thiocarbonyl (C=S) groups is 1. The van der Waals surface area contributed by atoms with Gasteiger partial charge >= 0.3 is 0 Å². The van der Waals surface area contributed by atoms with E-state index in [0.717, 1.165) is 11.5 Å². The lowest BCUT2D eigenvalue weighted by atomic mass is 9.73. The summed E-state index contributed by atoms with van der Waals surface area (Å²) in [4.78, 5) is 0. The van der Waals surface area contributed by atoms with Crippen LogP contribution in [0.25, 0.3) is 6.08 Å². The van der Waals surface area contributed by atoms with Gasteiger partial charge in [0.1, 0.15) is 0 Å². The minimum absolute atomic E-state index is 0.296. The zero-order chi connectivity index (χ0) is 16.4. The van der Waals surface area contributed by atoms with E-state index in [9.17, 15) is 0 Å². The molecule has 2 aliphatic rings. The Bertz CT molecular complexity index is 739. The van der Waals surface area contributed by atoms with Crippen molar-refractivity contribution in [3.63, 3.8) is 0 Å². The minimum Gasteiger partial charge on any atom is -0.356 e. The molecular formula is C21H22N2S. The van der Waals surface area contributed by atoms with Gasteiger partial charge < -0.3 is 10.6 Å². The largest absolute Gasteiger partial charge is 0.356 e. The third-order valence-electron chi connectivity index (χ3n) is 5.14. The first-order chi connectivity index (χ1) is 11.8. The van der Waals surface area contributed by atoms with Crippen LogP contribution in [0.2, 0.25) is 0 Å². The van der Waals surface area contributed by atoms with Crippen LogP contribution in [0, 0.1) is 5.92 Å². The van der Waals surface area contributed by atoms with Crippen LogP contribution in [-0.2, 0) is 0 Å². The maximum Gasteiger partial charge on any atom is 0.167 e. The molecule has 1 saturated carbocycles. The van der Waals surface area contributed by atoms with Gasteiger partial charge in [0, 0.05) is 5.92 Å². The van der Waals surface area contributed by atoms with E-state index in [2.05, 4.69) is 77.4 Å². The second-order valence-electron chi connectivity index (χ2n) is 6.67. The molecule has 1 aliphatic carbocycles. The lowest BCUT2D eigenvalue weighted by molar-refractivity contribution is 0.260. The van der Waals surface area contributed by atoms with Gasteiger partial charge in [0.15, 0.2) is 5.11 Å². The van der Waals surface area contributed by atoms with Crippen molar-refractivity contribution in [3.8, 4) is 0 Å². The molecule has 24 heavy (non-hydrogen) atoms. The van der Waals surface area contributed by atoms with Crippen LogP contribution in [-0.4, -0.2) is 11.2 Å². The normalized spacial score (nSPS) is 27.9. The first-order valence-electron chi connectivity index (χ1n) is 8.69. The van der Waals surface area contributed by atoms with Gasteiger partial charge in [0.05, 0.1) is 12.1 Å². The Hall–Kier alpha value is -2.13. The highest BCUT2D eigenvalue weighted by molar-refractivity contribution is 7.80. The van der Waals surface area contributed by atoms with Crippen LogP contribution in [0.3, 0.4) is 0 Å². The fourth-order valence-electron chi connectivity index (χ4n) is 4.05. The van der Waals surface area contributed by atoms with Gasteiger partial charge in [-0.15, -0.1) is 0 Å². The summed E-state index contributed by atoms with van der Waals surface area (Å²) < 4.78 is 0. The summed E-state index contributed by atoms with van der Waals surface area (Å²) in [5.74, 6) is 0.530. The molecule has 0 radical (unpaired) electrons. The number of rotatable bonds is 2. The molecule has 0 bridgehead atoms. The van der Waals surface area contributed by atoms with E-state index in [1.165, 1.54) is 29.5 Å². The van der Waals surface area contributed by atoms with Crippen LogP contribution in [0.15, 0.2) is 66.2 Å². The maximum absolute atomic E-state index is 5.52. The molecule has 2 nitrogen and oxygen atoms in total. The molecule has 2 aromatic rings. The average Bonchev–Trinajstić information content (AvgIpc) is 2.63. The van der Waals surface area contributed by atoms with Crippen molar-refractivity contribution in [1.29, 1.82) is 0 Å². The Morgan fingerprint density at radius 1 is 0.875 bits per heavy atom. The lowest BCUT2D eigenvalue weighted by Crippen LogP contribution is -2.57. The van der Waals surface area contributed by atoms with Crippen molar-refractivity contribution in [2.24, 2.45) is 5.92 Å². The van der Waals surface area contributed by atoms with E-state index in [1.54, 1.807) is 0 Å². The van der Waals surface area contributed by atoms with E-state index in [4.69, 9.17) is 12.2 Å². The molecule has 4 rings (SSSR count). The zero-order valence-electron chi connectivity index (χ0n) is 13.6. The van der Waals surface area contributed by atoms with E-state index < -0.39 is 0 Å². The van der Waals surface area contributed by atoms with E-state index >= 15 is 0 Å². The standard InChI is InChI=1S/C21H22N2S/c24-21-22-19(16-10-5-2-6-11-16)18-13-7-12-17(20(18)23-21)14-15-8-3-1-4-9-15/h1-6,8-11,14,18-20H,7,12-13H2,(H2,22,23,24)/b17-14-. The van der Waals surface area contributed by atoms with Gasteiger partial charge in [-0.05, 0) is 48.2 Å². The molecule has 1 saturated heterocycles. The molecule has 1 heterocycles. The quantitative estimate of drug-likeness (QED) is 0.793. The summed E-state index contributed by atoms with van der Waals surface area (Å²) in [6.07, 6.45) is 5.95. The van der Waals surface area contributed by atoms with Crippen molar-refractivity contribution in [2.45, 2.75) is 31.3 Å². The highest BCUT2D eigenvalue weighted by Gasteiger charge is 2.39. The van der Waals surface area contributed by atoms with Gasteiger partial charge in [-0.3, -0.25) is 0 Å². The molecule has 0 aromatic heterocycles. The van der Waals surface area contributed by atoms with Gasteiger partial charge in [-0.25, -0.2) is 0 Å². The topological polar surface area (TPSA) is 24.1 Å². The van der Waals surface area contributed by atoms with Gasteiger partial charge in [0.2, 0.25) is 0 Å². The molecule has 2 aromatic carbocycles. The molecule has 0 amide bonds. The molecule has 2 fully saturated rings. The summed E-state index contributed by atoms with van der Waals surface area (Å²) in [6, 6.07) is 21.9. The molecule has 3 unspecified atom stereocenters. The Morgan fingerprint density at radius 3 is 2.29 bits per heavy atom. The van der Waals surface area contributed by atoms with Crippen LogP contribution in [0.5, 0.6) is 0 Å². The molecule has 3 atom stereocenters. The van der Waals surface area contributed by atoms with Gasteiger partial charge in [0.25, 0.3) is 0 Å². The SMILES string of the molecule is S=C1NC2/C(=C\c3ccccc3)CCCC2C(c2ccccc2)N1. The highest BCUT2D eigenvalue weighted by atomic mass is 32.1. The molecule has 0 spiro atoms. The lowest BCUT2D eigenvalue weighted by Gasteiger charge is -2.45. The maximum atomic E-state index is 5.52. The summed E-state index contributed by atoms with van der Waals surface area (Å²) in [5, 5.41) is 7.82. The van der Waals surface area contributed by atoms with Crippen molar-refractivity contribution < 1.29 is 0 Å². The van der Waals surface area contributed by atoms with Crippen molar-refractivity contribution in [1.82, 2.24) is 10.6 Å². The van der Waals surface area contributed by atoms with Gasteiger partial charge in [-0.2, -0.15) is 0 Å². The summed E-state index contributed by atoms with van der Waals surface area (Å²) >= 11 is 5.52. The molecule has 3 heteroatoms. The highest BCUT2D eigenvalue weighted by Crippen LogP contribution is 2.39. The number of nitrogens with one attached hydrogen (secondary N) is 2. The van der Waals surface area contributed by atoms with E-state index in [-0.39, 0.29) is 0 Å². The predicted octanol–water partition coefficient (Wildman–Crippen LogP) is 4.46. The summed E-state index contributed by atoms with van der Waals surface area (Å²) in [6.45, 7) is 0. The fourth-order valence-corrected chi connectivity index (χ4v) is 4.30. The smallest absolute Gasteiger partial charge is 0.167 e. The molecule has 122 valence electrons. The first-order valence-corrected chi connectivity index (χ1v) is 9.09. The van der Waals surface area contributed by atoms with Crippen LogP contribution in [0.4, 0.5) is 0 Å². The second kappa shape index (κ2) is 6.78. The predicted molar refractivity (Wildman–Crippen MR) is 104 cm³/mol. The van der Waals surface area contributed by atoms with Crippen molar-refractivity contribution >= 4 is 23.4 Å². The fraction of sp³-hybridized carbons (Fsp3) is 0.286. The number of hydrogen-bond acceptors (Lipinski definition) is 1.